The summed E-state index contributed by atoms with van der Waals surface area (Å²) in [4.78, 5) is 68.7. The van der Waals surface area contributed by atoms with Gasteiger partial charge < -0.3 is 15.3 Å². The van der Waals surface area contributed by atoms with Gasteiger partial charge in [0.15, 0.2) is 0 Å². The summed E-state index contributed by atoms with van der Waals surface area (Å²) in [6, 6.07) is 0. The summed E-state index contributed by atoms with van der Waals surface area (Å²) in [5.41, 5.74) is -1.65. The van der Waals surface area contributed by atoms with Crippen molar-refractivity contribution in [3.05, 3.63) is 69.3 Å². The highest BCUT2D eigenvalue weighted by molar-refractivity contribution is 5.79. The number of rotatable bonds is 3. The fraction of sp³-hybridized carbons (Fsp3) is 0. The monoisotopic (exact) mass is 384 g/mol. The molecule has 13 heteroatoms. The standard InChI is InChI=1S/C5H4N4O3.3C3H4O2/c10-3-1-2(7-4(11)6-1)8-5(12)9-3;3*1-2-3(4)5/h(H4,6,7,8,9,10,11,12);3*2H,1H2,(H,4,5). The topological polar surface area (TPSA) is 226 Å². The van der Waals surface area contributed by atoms with Crippen LogP contribution in [0, 0.1) is 0 Å². The van der Waals surface area contributed by atoms with E-state index in [0.717, 1.165) is 18.2 Å². The average molecular weight is 384 g/mol. The Balaban J connectivity index is 0. The summed E-state index contributed by atoms with van der Waals surface area (Å²) in [6.07, 6.45) is 2.50. The average Bonchev–Trinajstić information content (AvgIpc) is 2.97. The molecule has 0 fully saturated rings. The van der Waals surface area contributed by atoms with Crippen LogP contribution in [-0.2, 0) is 14.4 Å². The third kappa shape index (κ3) is 12.6. The highest BCUT2D eigenvalue weighted by Gasteiger charge is 2.02. The minimum Gasteiger partial charge on any atom is -0.478 e. The molecular weight excluding hydrogens is 368 g/mol. The minimum atomic E-state index is -0.981. The number of hydrogen-bond donors (Lipinski definition) is 7. The molecule has 27 heavy (non-hydrogen) atoms. The molecule has 7 N–H and O–H groups in total. The number of aliphatic carboxylic acids is 3. The molecule has 0 aliphatic carbocycles. The second kappa shape index (κ2) is 12.9. The Morgan fingerprint density at radius 2 is 0.963 bits per heavy atom. The van der Waals surface area contributed by atoms with E-state index in [1.54, 1.807) is 0 Å². The molecular formula is C14H16N4O9. The third-order valence-electron chi connectivity index (χ3n) is 1.94. The zero-order chi connectivity index (χ0) is 21.6. The van der Waals surface area contributed by atoms with Crippen molar-refractivity contribution in [3.8, 4) is 0 Å². The van der Waals surface area contributed by atoms with Crippen LogP contribution in [0.2, 0.25) is 0 Å². The maximum absolute atomic E-state index is 10.9. The van der Waals surface area contributed by atoms with Crippen molar-refractivity contribution in [2.24, 2.45) is 0 Å². The largest absolute Gasteiger partial charge is 0.478 e. The molecule has 2 heterocycles. The van der Waals surface area contributed by atoms with Crippen LogP contribution >= 0.6 is 0 Å². The van der Waals surface area contributed by atoms with E-state index in [4.69, 9.17) is 15.3 Å². The van der Waals surface area contributed by atoms with Crippen LogP contribution in [0.1, 0.15) is 0 Å². The van der Waals surface area contributed by atoms with Gasteiger partial charge in [0, 0.05) is 18.2 Å². The van der Waals surface area contributed by atoms with Crippen LogP contribution in [-0.4, -0.2) is 53.2 Å². The smallest absolute Gasteiger partial charge is 0.327 e. The Hall–Kier alpha value is -4.42. The van der Waals surface area contributed by atoms with Crippen LogP contribution in [0.4, 0.5) is 0 Å². The number of aromatic amines is 4. The number of aromatic nitrogens is 4. The highest BCUT2D eigenvalue weighted by Crippen LogP contribution is 1.88. The number of carbonyl (C=O) groups is 3. The summed E-state index contributed by atoms with van der Waals surface area (Å²) >= 11 is 0. The fourth-order valence-corrected chi connectivity index (χ4v) is 0.958. The van der Waals surface area contributed by atoms with Crippen molar-refractivity contribution in [2.75, 3.05) is 0 Å². The molecule has 2 rings (SSSR count). The molecule has 0 radical (unpaired) electrons. The van der Waals surface area contributed by atoms with Crippen molar-refractivity contribution in [1.29, 1.82) is 0 Å². The Labute approximate surface area is 149 Å². The van der Waals surface area contributed by atoms with E-state index in [1.807, 2.05) is 4.98 Å². The molecule has 0 spiro atoms. The highest BCUT2D eigenvalue weighted by atomic mass is 16.4. The van der Waals surface area contributed by atoms with Crippen molar-refractivity contribution >= 4 is 29.1 Å². The molecule has 13 nitrogen and oxygen atoms in total. The Bertz CT molecular complexity index is 947. The lowest BCUT2D eigenvalue weighted by atomic mass is 10.5. The number of nitrogens with one attached hydrogen (secondary N) is 4. The fourth-order valence-electron chi connectivity index (χ4n) is 0.958. The van der Waals surface area contributed by atoms with E-state index in [1.165, 1.54) is 0 Å². The third-order valence-corrected chi connectivity index (χ3v) is 1.94. The van der Waals surface area contributed by atoms with Crippen LogP contribution in [0.15, 0.2) is 52.3 Å². The first-order chi connectivity index (χ1) is 12.5. The second-order valence-corrected chi connectivity index (χ2v) is 3.86. The first-order valence-electron chi connectivity index (χ1n) is 6.49. The Morgan fingerprint density at radius 1 is 0.667 bits per heavy atom. The van der Waals surface area contributed by atoms with Gasteiger partial charge in [0.25, 0.3) is 5.56 Å². The SMILES string of the molecule is C=CC(=O)O.C=CC(=O)O.C=CC(=O)O.O=c1[nH]c(=O)c2[nH]c(=O)[nH]c2[nH]1. The molecule has 0 saturated carbocycles. The molecule has 0 saturated heterocycles. The van der Waals surface area contributed by atoms with Gasteiger partial charge in [0.1, 0.15) is 11.2 Å². The van der Waals surface area contributed by atoms with E-state index in [9.17, 15) is 28.8 Å². The lowest BCUT2D eigenvalue weighted by Gasteiger charge is -1.83. The zero-order valence-electron chi connectivity index (χ0n) is 13.6. The van der Waals surface area contributed by atoms with Crippen LogP contribution < -0.4 is 16.9 Å². The Morgan fingerprint density at radius 3 is 1.26 bits per heavy atom. The van der Waals surface area contributed by atoms with Gasteiger partial charge in [0.05, 0.1) is 0 Å². The van der Waals surface area contributed by atoms with Crippen molar-refractivity contribution in [2.45, 2.75) is 0 Å². The second-order valence-electron chi connectivity index (χ2n) is 3.86. The van der Waals surface area contributed by atoms with Gasteiger partial charge in [0.2, 0.25) is 0 Å². The van der Waals surface area contributed by atoms with E-state index in [2.05, 4.69) is 34.7 Å². The van der Waals surface area contributed by atoms with Crippen LogP contribution in [0.3, 0.4) is 0 Å². The minimum absolute atomic E-state index is 0.0413. The lowest BCUT2D eigenvalue weighted by molar-refractivity contribution is -0.132. The molecule has 0 aliphatic rings. The molecule has 0 aromatic carbocycles. The molecule has 2 aromatic rings. The van der Waals surface area contributed by atoms with Gasteiger partial charge in [-0.05, 0) is 0 Å². The molecule has 2 aromatic heterocycles. The van der Waals surface area contributed by atoms with Crippen LogP contribution in [0.5, 0.6) is 0 Å². The molecule has 0 bridgehead atoms. The van der Waals surface area contributed by atoms with Crippen molar-refractivity contribution < 1.29 is 29.7 Å². The summed E-state index contributed by atoms with van der Waals surface area (Å²) in [6.45, 7) is 8.88. The molecule has 0 unspecified atom stereocenters. The number of imidazole rings is 1. The first-order valence-corrected chi connectivity index (χ1v) is 6.49. The van der Waals surface area contributed by atoms with Gasteiger partial charge in [-0.1, -0.05) is 19.7 Å². The van der Waals surface area contributed by atoms with E-state index >= 15 is 0 Å². The molecule has 0 aliphatic heterocycles. The summed E-state index contributed by atoms with van der Waals surface area (Å²) < 4.78 is 0. The quantitative estimate of drug-likeness (QED) is 0.322. The van der Waals surface area contributed by atoms with Gasteiger partial charge in [-0.25, -0.2) is 24.0 Å². The number of carboxylic acids is 3. The van der Waals surface area contributed by atoms with Crippen molar-refractivity contribution in [1.82, 2.24) is 19.9 Å². The van der Waals surface area contributed by atoms with E-state index in [0.29, 0.717) is 0 Å². The van der Waals surface area contributed by atoms with Crippen LogP contribution in [0.25, 0.3) is 11.2 Å². The zero-order valence-corrected chi connectivity index (χ0v) is 13.6. The van der Waals surface area contributed by atoms with E-state index < -0.39 is 34.8 Å². The van der Waals surface area contributed by atoms with E-state index in [-0.39, 0.29) is 11.2 Å². The number of H-pyrrole nitrogens is 4. The summed E-state index contributed by atoms with van der Waals surface area (Å²) in [5.74, 6) is -2.94. The molecule has 146 valence electrons. The van der Waals surface area contributed by atoms with Gasteiger partial charge in [-0.2, -0.15) is 0 Å². The predicted octanol–water partition coefficient (Wildman–Crippen LogP) is -0.996. The Kier molecular flexibility index (Phi) is 11.9. The molecule has 0 amide bonds. The van der Waals surface area contributed by atoms with Gasteiger partial charge in [-0.15, -0.1) is 0 Å². The first kappa shape index (κ1) is 24.8. The predicted molar refractivity (Wildman–Crippen MR) is 93.7 cm³/mol. The summed E-state index contributed by atoms with van der Waals surface area (Å²) in [5, 5.41) is 22.8. The lowest BCUT2D eigenvalue weighted by Crippen LogP contribution is -2.21. The number of hydrogen-bond acceptors (Lipinski definition) is 6. The molecule has 0 atom stereocenters. The normalized spacial score (nSPS) is 8.30. The van der Waals surface area contributed by atoms with Crippen molar-refractivity contribution in [3.63, 3.8) is 0 Å². The summed E-state index contributed by atoms with van der Waals surface area (Å²) in [7, 11) is 0. The van der Waals surface area contributed by atoms with Gasteiger partial charge >= 0.3 is 29.3 Å². The maximum atomic E-state index is 10.9. The maximum Gasteiger partial charge on any atom is 0.327 e. The van der Waals surface area contributed by atoms with Gasteiger partial charge in [-0.3, -0.25) is 24.7 Å². The number of carboxylic acid groups (broad SMARTS) is 3. The number of fused-ring (bicyclic) bond motifs is 1.